The summed E-state index contributed by atoms with van der Waals surface area (Å²) in [6.45, 7) is 3.05. The Hall–Kier alpha value is -1.65. The van der Waals surface area contributed by atoms with Crippen LogP contribution < -0.4 is 0 Å². The van der Waals surface area contributed by atoms with Crippen molar-refractivity contribution in [3.63, 3.8) is 0 Å². The maximum absolute atomic E-state index is 11.8. The van der Waals surface area contributed by atoms with E-state index < -0.39 is 5.60 Å². The highest BCUT2D eigenvalue weighted by Crippen LogP contribution is 2.43. The second-order valence-electron chi connectivity index (χ2n) is 7.94. The van der Waals surface area contributed by atoms with Crippen molar-refractivity contribution >= 4 is 0 Å². The second kappa shape index (κ2) is 7.93. The van der Waals surface area contributed by atoms with E-state index in [2.05, 4.69) is 9.88 Å². The molecular weight excluding hydrogens is 324 g/mol. The van der Waals surface area contributed by atoms with E-state index in [4.69, 9.17) is 4.42 Å². The molecule has 2 fully saturated rings. The third-order valence-electron chi connectivity index (χ3n) is 6.12. The van der Waals surface area contributed by atoms with E-state index in [-0.39, 0.29) is 5.92 Å². The summed E-state index contributed by atoms with van der Waals surface area (Å²) in [6.07, 6.45) is 11.3. The fourth-order valence-corrected chi connectivity index (χ4v) is 4.64. The van der Waals surface area contributed by atoms with E-state index in [0.29, 0.717) is 5.89 Å². The SMILES string of the molecule is O[C@](c1ccccc1)(c1ncc(CN2CCCCC2)o1)C1CCCCC1. The van der Waals surface area contributed by atoms with Crippen LogP contribution in [0.2, 0.25) is 0 Å². The minimum atomic E-state index is -1.12. The van der Waals surface area contributed by atoms with Gasteiger partial charge in [0.2, 0.25) is 5.89 Å². The number of rotatable bonds is 5. The zero-order valence-electron chi connectivity index (χ0n) is 15.6. The monoisotopic (exact) mass is 354 g/mol. The van der Waals surface area contributed by atoms with Gasteiger partial charge in [-0.3, -0.25) is 4.90 Å². The van der Waals surface area contributed by atoms with E-state index in [1.54, 1.807) is 0 Å². The lowest BCUT2D eigenvalue weighted by Crippen LogP contribution is -2.38. The Balaban J connectivity index is 1.61. The molecule has 2 heterocycles. The Bertz CT molecular complexity index is 687. The van der Waals surface area contributed by atoms with E-state index in [9.17, 15) is 5.11 Å². The van der Waals surface area contributed by atoms with Crippen LogP contribution >= 0.6 is 0 Å². The molecule has 4 heteroatoms. The minimum Gasteiger partial charge on any atom is -0.441 e. The van der Waals surface area contributed by atoms with Crippen molar-refractivity contribution in [3.05, 3.63) is 53.7 Å². The summed E-state index contributed by atoms with van der Waals surface area (Å²) >= 11 is 0. The Morgan fingerprint density at radius 2 is 1.69 bits per heavy atom. The van der Waals surface area contributed by atoms with Crippen LogP contribution in [0.15, 0.2) is 40.9 Å². The Morgan fingerprint density at radius 1 is 1.00 bits per heavy atom. The summed E-state index contributed by atoms with van der Waals surface area (Å²) in [6, 6.07) is 9.97. The van der Waals surface area contributed by atoms with E-state index in [1.807, 2.05) is 36.5 Å². The van der Waals surface area contributed by atoms with Crippen molar-refractivity contribution in [2.45, 2.75) is 63.5 Å². The number of hydrogen-bond donors (Lipinski definition) is 1. The average Bonchev–Trinajstić information content (AvgIpc) is 3.18. The van der Waals surface area contributed by atoms with Crippen LogP contribution in [0.25, 0.3) is 0 Å². The highest BCUT2D eigenvalue weighted by Gasteiger charge is 2.44. The van der Waals surface area contributed by atoms with Crippen molar-refractivity contribution in [3.8, 4) is 0 Å². The number of aliphatic hydroxyl groups is 1. The molecule has 2 aliphatic rings. The predicted molar refractivity (Wildman–Crippen MR) is 102 cm³/mol. The summed E-state index contributed by atoms with van der Waals surface area (Å²) in [5.74, 6) is 1.51. The van der Waals surface area contributed by atoms with Gasteiger partial charge in [-0.25, -0.2) is 4.98 Å². The molecule has 1 aromatic heterocycles. The van der Waals surface area contributed by atoms with E-state index in [0.717, 1.165) is 43.8 Å². The third kappa shape index (κ3) is 3.58. The molecule has 0 spiro atoms. The zero-order chi connectivity index (χ0) is 17.8. The maximum atomic E-state index is 11.8. The summed E-state index contributed by atoms with van der Waals surface area (Å²) in [4.78, 5) is 6.99. The maximum Gasteiger partial charge on any atom is 0.231 e. The Morgan fingerprint density at radius 3 is 2.42 bits per heavy atom. The summed E-state index contributed by atoms with van der Waals surface area (Å²) in [5, 5.41) is 11.8. The van der Waals surface area contributed by atoms with Crippen molar-refractivity contribution in [2.24, 2.45) is 5.92 Å². The van der Waals surface area contributed by atoms with Crippen molar-refractivity contribution in [2.75, 3.05) is 13.1 Å². The lowest BCUT2D eigenvalue weighted by molar-refractivity contribution is -0.0244. The molecule has 1 atom stereocenters. The molecule has 1 N–H and O–H groups in total. The predicted octanol–water partition coefficient (Wildman–Crippen LogP) is 4.48. The van der Waals surface area contributed by atoms with Gasteiger partial charge in [0, 0.05) is 5.92 Å². The van der Waals surface area contributed by atoms with Gasteiger partial charge in [-0.15, -0.1) is 0 Å². The van der Waals surface area contributed by atoms with Gasteiger partial charge in [0.15, 0.2) is 5.60 Å². The Labute approximate surface area is 156 Å². The summed E-state index contributed by atoms with van der Waals surface area (Å²) in [7, 11) is 0. The topological polar surface area (TPSA) is 49.5 Å². The van der Waals surface area contributed by atoms with Crippen molar-refractivity contribution in [1.29, 1.82) is 0 Å². The fraction of sp³-hybridized carbons (Fsp3) is 0.591. The number of aromatic nitrogens is 1. The first-order valence-electron chi connectivity index (χ1n) is 10.2. The number of hydrogen-bond acceptors (Lipinski definition) is 4. The zero-order valence-corrected chi connectivity index (χ0v) is 15.6. The first-order chi connectivity index (χ1) is 12.8. The highest BCUT2D eigenvalue weighted by atomic mass is 16.4. The van der Waals surface area contributed by atoms with Gasteiger partial charge in [0.05, 0.1) is 12.7 Å². The van der Waals surface area contributed by atoms with Crippen LogP contribution in [0, 0.1) is 5.92 Å². The van der Waals surface area contributed by atoms with Gasteiger partial charge in [0.1, 0.15) is 5.76 Å². The average molecular weight is 354 g/mol. The van der Waals surface area contributed by atoms with Gasteiger partial charge in [-0.1, -0.05) is 56.0 Å². The largest absolute Gasteiger partial charge is 0.441 e. The van der Waals surface area contributed by atoms with Gasteiger partial charge in [0.25, 0.3) is 0 Å². The Kier molecular flexibility index (Phi) is 5.41. The smallest absolute Gasteiger partial charge is 0.231 e. The molecule has 4 nitrogen and oxygen atoms in total. The molecule has 0 radical (unpaired) electrons. The standard InChI is InChI=1S/C22H30N2O2/c25-22(18-10-4-1-5-11-18,19-12-6-2-7-13-19)21-23-16-20(26-21)17-24-14-8-3-9-15-24/h1,4-5,10-11,16,19,25H,2-3,6-9,12-15,17H2/t22-/m0/s1. The van der Waals surface area contributed by atoms with Crippen LogP contribution in [0.3, 0.4) is 0 Å². The molecular formula is C22H30N2O2. The molecule has 1 aliphatic carbocycles. The fourth-order valence-electron chi connectivity index (χ4n) is 4.64. The molecule has 1 saturated carbocycles. The molecule has 2 aromatic rings. The molecule has 1 aromatic carbocycles. The van der Waals surface area contributed by atoms with Crippen molar-refractivity contribution < 1.29 is 9.52 Å². The van der Waals surface area contributed by atoms with Crippen molar-refractivity contribution in [1.82, 2.24) is 9.88 Å². The van der Waals surface area contributed by atoms with Gasteiger partial charge in [-0.2, -0.15) is 0 Å². The molecule has 0 bridgehead atoms. The second-order valence-corrected chi connectivity index (χ2v) is 7.94. The van der Waals surface area contributed by atoms with Gasteiger partial charge >= 0.3 is 0 Å². The minimum absolute atomic E-state index is 0.167. The van der Waals surface area contributed by atoms with Crippen LogP contribution in [0.1, 0.15) is 68.6 Å². The molecule has 1 saturated heterocycles. The molecule has 0 amide bonds. The molecule has 26 heavy (non-hydrogen) atoms. The highest BCUT2D eigenvalue weighted by molar-refractivity contribution is 5.30. The van der Waals surface area contributed by atoms with Gasteiger partial charge < -0.3 is 9.52 Å². The number of benzene rings is 1. The number of oxazole rings is 1. The summed E-state index contributed by atoms with van der Waals surface area (Å²) < 4.78 is 6.16. The summed E-state index contributed by atoms with van der Waals surface area (Å²) in [5.41, 5.74) is -0.222. The lowest BCUT2D eigenvalue weighted by Gasteiger charge is -2.36. The molecule has 4 rings (SSSR count). The number of nitrogens with zero attached hydrogens (tertiary/aromatic N) is 2. The van der Waals surface area contributed by atoms with E-state index in [1.165, 1.54) is 38.5 Å². The van der Waals surface area contributed by atoms with Crippen LogP contribution in [0.5, 0.6) is 0 Å². The molecule has 140 valence electrons. The number of piperidine rings is 1. The normalized spacial score (nSPS) is 22.2. The molecule has 0 unspecified atom stereocenters. The number of likely N-dealkylation sites (tertiary alicyclic amines) is 1. The van der Waals surface area contributed by atoms with Crippen LogP contribution in [0.4, 0.5) is 0 Å². The van der Waals surface area contributed by atoms with Crippen LogP contribution in [-0.2, 0) is 12.1 Å². The molecule has 1 aliphatic heterocycles. The van der Waals surface area contributed by atoms with E-state index >= 15 is 0 Å². The van der Waals surface area contributed by atoms with Crippen LogP contribution in [-0.4, -0.2) is 28.1 Å². The third-order valence-corrected chi connectivity index (χ3v) is 6.12. The first kappa shape index (κ1) is 17.7. The lowest BCUT2D eigenvalue weighted by atomic mass is 9.73. The van der Waals surface area contributed by atoms with Gasteiger partial charge in [-0.05, 0) is 44.3 Å². The first-order valence-corrected chi connectivity index (χ1v) is 10.2. The quantitative estimate of drug-likeness (QED) is 0.860.